The van der Waals surface area contributed by atoms with Crippen molar-refractivity contribution in [2.24, 2.45) is 0 Å². The van der Waals surface area contributed by atoms with E-state index in [-0.39, 0.29) is 6.04 Å². The number of nitrogens with zero attached hydrogens (tertiary/aromatic N) is 1. The van der Waals surface area contributed by atoms with Crippen LogP contribution in [0, 0.1) is 0 Å². The van der Waals surface area contributed by atoms with Crippen molar-refractivity contribution in [3.8, 4) is 5.75 Å². The first-order valence-corrected chi connectivity index (χ1v) is 6.55. The Hall–Kier alpha value is -1.87. The van der Waals surface area contributed by atoms with E-state index in [2.05, 4.69) is 41.5 Å². The molecule has 100 valence electrons. The van der Waals surface area contributed by atoms with Gasteiger partial charge in [-0.15, -0.1) is 0 Å². The largest absolute Gasteiger partial charge is 0.495 e. The third kappa shape index (κ3) is 2.76. The second-order valence-corrected chi connectivity index (χ2v) is 4.36. The van der Waals surface area contributed by atoms with E-state index in [1.165, 1.54) is 11.1 Å². The van der Waals surface area contributed by atoms with Crippen LogP contribution in [0.5, 0.6) is 5.75 Å². The van der Waals surface area contributed by atoms with Gasteiger partial charge in [0.25, 0.3) is 0 Å². The summed E-state index contributed by atoms with van der Waals surface area (Å²) in [6.45, 7) is 2.17. The number of benzene rings is 1. The standard InChI is InChI=1S/C16H20N2O/c1-4-12-8-5-6-9-13(12)15(17-2)16-14(19-3)10-7-11-18-16/h5-11,15,17H,4H2,1-3H3. The lowest BCUT2D eigenvalue weighted by Crippen LogP contribution is -2.21. The van der Waals surface area contributed by atoms with Crippen molar-refractivity contribution in [3.63, 3.8) is 0 Å². The summed E-state index contributed by atoms with van der Waals surface area (Å²) in [6.07, 6.45) is 2.81. The monoisotopic (exact) mass is 256 g/mol. The molecule has 1 heterocycles. The van der Waals surface area contributed by atoms with Crippen LogP contribution in [-0.4, -0.2) is 19.1 Å². The van der Waals surface area contributed by atoms with E-state index in [0.29, 0.717) is 0 Å². The maximum atomic E-state index is 5.42. The van der Waals surface area contributed by atoms with Crippen LogP contribution >= 0.6 is 0 Å². The van der Waals surface area contributed by atoms with Gasteiger partial charge in [-0.1, -0.05) is 31.2 Å². The van der Waals surface area contributed by atoms with E-state index in [1.807, 2.05) is 19.2 Å². The summed E-state index contributed by atoms with van der Waals surface area (Å²) in [6, 6.07) is 12.3. The van der Waals surface area contributed by atoms with E-state index in [0.717, 1.165) is 17.9 Å². The van der Waals surface area contributed by atoms with Crippen molar-refractivity contribution in [2.75, 3.05) is 14.2 Å². The minimum atomic E-state index is 0.0484. The minimum Gasteiger partial charge on any atom is -0.495 e. The van der Waals surface area contributed by atoms with E-state index < -0.39 is 0 Å². The molecule has 0 radical (unpaired) electrons. The first-order chi connectivity index (χ1) is 9.31. The first-order valence-electron chi connectivity index (χ1n) is 6.55. The zero-order chi connectivity index (χ0) is 13.7. The summed E-state index contributed by atoms with van der Waals surface area (Å²) in [7, 11) is 3.63. The van der Waals surface area contributed by atoms with Crippen molar-refractivity contribution in [3.05, 3.63) is 59.4 Å². The molecule has 3 heteroatoms. The van der Waals surface area contributed by atoms with E-state index in [1.54, 1.807) is 13.3 Å². The Balaban J connectivity index is 2.50. The molecular weight excluding hydrogens is 236 g/mol. The number of ether oxygens (including phenoxy) is 1. The smallest absolute Gasteiger partial charge is 0.142 e. The molecule has 1 N–H and O–H groups in total. The summed E-state index contributed by atoms with van der Waals surface area (Å²) in [5.41, 5.74) is 3.51. The van der Waals surface area contributed by atoms with Gasteiger partial charge in [-0.25, -0.2) is 0 Å². The predicted molar refractivity (Wildman–Crippen MR) is 77.5 cm³/mol. The SMILES string of the molecule is CCc1ccccc1C(NC)c1ncccc1OC. The number of hydrogen-bond acceptors (Lipinski definition) is 3. The second-order valence-electron chi connectivity index (χ2n) is 4.36. The van der Waals surface area contributed by atoms with Crippen molar-refractivity contribution < 1.29 is 4.74 Å². The maximum absolute atomic E-state index is 5.42. The summed E-state index contributed by atoms with van der Waals surface area (Å²) >= 11 is 0. The van der Waals surface area contributed by atoms with Gasteiger partial charge in [0, 0.05) is 6.20 Å². The molecule has 2 rings (SSSR count). The van der Waals surface area contributed by atoms with Crippen molar-refractivity contribution >= 4 is 0 Å². The molecule has 1 unspecified atom stereocenters. The first kappa shape index (κ1) is 13.6. The van der Waals surface area contributed by atoms with E-state index in [4.69, 9.17) is 4.74 Å². The third-order valence-electron chi connectivity index (χ3n) is 3.33. The Bertz CT molecular complexity index is 492. The molecular formula is C16H20N2O. The lowest BCUT2D eigenvalue weighted by molar-refractivity contribution is 0.401. The molecule has 3 nitrogen and oxygen atoms in total. The second kappa shape index (κ2) is 6.34. The average molecular weight is 256 g/mol. The Morgan fingerprint density at radius 3 is 2.68 bits per heavy atom. The van der Waals surface area contributed by atoms with Gasteiger partial charge in [-0.05, 0) is 36.7 Å². The molecule has 19 heavy (non-hydrogen) atoms. The predicted octanol–water partition coefficient (Wildman–Crippen LogP) is 2.96. The Labute approximate surface area is 114 Å². The molecule has 0 amide bonds. The molecule has 1 aromatic carbocycles. The molecule has 0 aliphatic rings. The topological polar surface area (TPSA) is 34.2 Å². The molecule has 1 atom stereocenters. The van der Waals surface area contributed by atoms with Crippen LogP contribution < -0.4 is 10.1 Å². The van der Waals surface area contributed by atoms with Crippen molar-refractivity contribution in [1.29, 1.82) is 0 Å². The molecule has 0 saturated heterocycles. The maximum Gasteiger partial charge on any atom is 0.142 e. The highest BCUT2D eigenvalue weighted by Gasteiger charge is 2.19. The molecule has 2 aromatic rings. The van der Waals surface area contributed by atoms with E-state index in [9.17, 15) is 0 Å². The Kier molecular flexibility index (Phi) is 4.53. The molecule has 0 fully saturated rings. The van der Waals surface area contributed by atoms with Gasteiger partial charge in [0.05, 0.1) is 13.2 Å². The van der Waals surface area contributed by atoms with Crippen LogP contribution in [0.15, 0.2) is 42.6 Å². The summed E-state index contributed by atoms with van der Waals surface area (Å²) in [5.74, 6) is 0.813. The number of pyridine rings is 1. The van der Waals surface area contributed by atoms with Crippen LogP contribution in [0.4, 0.5) is 0 Å². The molecule has 0 saturated carbocycles. The highest BCUT2D eigenvalue weighted by Crippen LogP contribution is 2.29. The van der Waals surface area contributed by atoms with Crippen LogP contribution in [0.25, 0.3) is 0 Å². The third-order valence-corrected chi connectivity index (χ3v) is 3.33. The van der Waals surface area contributed by atoms with Crippen molar-refractivity contribution in [2.45, 2.75) is 19.4 Å². The highest BCUT2D eigenvalue weighted by molar-refractivity contribution is 5.40. The van der Waals surface area contributed by atoms with Gasteiger partial charge < -0.3 is 10.1 Å². The summed E-state index contributed by atoms with van der Waals surface area (Å²) < 4.78 is 5.42. The molecule has 0 aliphatic heterocycles. The fraction of sp³-hybridized carbons (Fsp3) is 0.312. The minimum absolute atomic E-state index is 0.0484. The van der Waals surface area contributed by atoms with Gasteiger partial charge in [-0.2, -0.15) is 0 Å². The van der Waals surface area contributed by atoms with Gasteiger partial charge in [0.1, 0.15) is 11.4 Å². The fourth-order valence-corrected chi connectivity index (χ4v) is 2.37. The molecule has 0 bridgehead atoms. The zero-order valence-electron chi connectivity index (χ0n) is 11.7. The number of aryl methyl sites for hydroxylation is 1. The fourth-order valence-electron chi connectivity index (χ4n) is 2.37. The van der Waals surface area contributed by atoms with Crippen LogP contribution in [0.3, 0.4) is 0 Å². The van der Waals surface area contributed by atoms with Crippen LogP contribution in [0.1, 0.15) is 29.8 Å². The number of aromatic nitrogens is 1. The Morgan fingerprint density at radius 2 is 2.00 bits per heavy atom. The van der Waals surface area contributed by atoms with Crippen LogP contribution in [0.2, 0.25) is 0 Å². The van der Waals surface area contributed by atoms with Crippen LogP contribution in [-0.2, 0) is 6.42 Å². The number of rotatable bonds is 5. The average Bonchev–Trinajstić information content (AvgIpc) is 2.49. The normalized spacial score (nSPS) is 12.2. The highest BCUT2D eigenvalue weighted by atomic mass is 16.5. The lowest BCUT2D eigenvalue weighted by Gasteiger charge is -2.21. The van der Waals surface area contributed by atoms with Gasteiger partial charge in [-0.3, -0.25) is 4.98 Å². The van der Waals surface area contributed by atoms with Gasteiger partial charge >= 0.3 is 0 Å². The molecule has 0 spiro atoms. The number of nitrogens with one attached hydrogen (secondary N) is 1. The van der Waals surface area contributed by atoms with Gasteiger partial charge in [0.2, 0.25) is 0 Å². The number of methoxy groups -OCH3 is 1. The van der Waals surface area contributed by atoms with Crippen molar-refractivity contribution in [1.82, 2.24) is 10.3 Å². The quantitative estimate of drug-likeness (QED) is 0.893. The van der Waals surface area contributed by atoms with E-state index >= 15 is 0 Å². The number of hydrogen-bond donors (Lipinski definition) is 1. The molecule has 1 aromatic heterocycles. The van der Waals surface area contributed by atoms with Gasteiger partial charge in [0.15, 0.2) is 0 Å². The summed E-state index contributed by atoms with van der Waals surface area (Å²) in [4.78, 5) is 4.48. The zero-order valence-corrected chi connectivity index (χ0v) is 11.7. The molecule has 0 aliphatic carbocycles. The summed E-state index contributed by atoms with van der Waals surface area (Å²) in [5, 5.41) is 3.34. The lowest BCUT2D eigenvalue weighted by atomic mass is 9.96. The Morgan fingerprint density at radius 1 is 1.21 bits per heavy atom.